The molecule has 1 aromatic heterocycles. The highest BCUT2D eigenvalue weighted by atomic mass is 16.5. The van der Waals surface area contributed by atoms with Crippen LogP contribution in [-0.4, -0.2) is 18.8 Å². The molecule has 32 heavy (non-hydrogen) atoms. The molecule has 162 valence electrons. The Morgan fingerprint density at radius 3 is 2.53 bits per heavy atom. The lowest BCUT2D eigenvalue weighted by atomic mass is 9.83. The normalized spacial score (nSPS) is 14.9. The highest BCUT2D eigenvalue weighted by Gasteiger charge is 2.36. The highest BCUT2D eigenvalue weighted by Crippen LogP contribution is 2.44. The van der Waals surface area contributed by atoms with Crippen LogP contribution in [0.15, 0.2) is 70.8 Å². The zero-order valence-electron chi connectivity index (χ0n) is 18.1. The molecule has 2 aromatic carbocycles. The van der Waals surface area contributed by atoms with Crippen LogP contribution in [0.25, 0.3) is 0 Å². The van der Waals surface area contributed by atoms with E-state index in [4.69, 9.17) is 19.9 Å². The average Bonchev–Trinajstić information content (AvgIpc) is 2.81. The van der Waals surface area contributed by atoms with Gasteiger partial charge in [-0.25, -0.2) is 0 Å². The minimum atomic E-state index is -0.760. The molecule has 1 atom stereocenters. The lowest BCUT2D eigenvalue weighted by molar-refractivity contribution is 0.380. The van der Waals surface area contributed by atoms with Gasteiger partial charge in [0, 0.05) is 17.3 Å². The molecule has 7 nitrogen and oxygen atoms in total. The molecule has 0 aliphatic carbocycles. The number of nitrogens with zero attached hydrogens (tertiary/aromatic N) is 2. The molecule has 1 aliphatic heterocycles. The van der Waals surface area contributed by atoms with Gasteiger partial charge in [0.15, 0.2) is 0 Å². The molecule has 7 heteroatoms. The Morgan fingerprint density at radius 1 is 1.12 bits per heavy atom. The average molecular weight is 429 g/mol. The third-order valence-corrected chi connectivity index (χ3v) is 5.62. The number of hydrogen-bond acceptors (Lipinski definition) is 6. The lowest BCUT2D eigenvalue weighted by Crippen LogP contribution is -2.33. The summed E-state index contributed by atoms with van der Waals surface area (Å²) in [4.78, 5) is 13.8. The number of fused-ring (bicyclic) bond motifs is 1. The number of aryl methyl sites for hydroxylation is 1. The molecule has 0 spiro atoms. The number of ether oxygens (including phenoxy) is 3. The van der Waals surface area contributed by atoms with Crippen LogP contribution in [0.2, 0.25) is 0 Å². The minimum Gasteiger partial charge on any atom is -0.497 e. The van der Waals surface area contributed by atoms with Gasteiger partial charge >= 0.3 is 0 Å². The number of rotatable bonds is 5. The number of nitriles is 1. The molecule has 0 fully saturated rings. The number of methoxy groups -OCH3 is 2. The predicted molar refractivity (Wildman–Crippen MR) is 120 cm³/mol. The summed E-state index contributed by atoms with van der Waals surface area (Å²) in [6.45, 7) is 2.23. The van der Waals surface area contributed by atoms with Crippen molar-refractivity contribution < 1.29 is 14.2 Å². The SMILES string of the molecule is COc1ccc(OC)c([C@H]2C(C#N)=C(N)Oc3cc(C)n(Cc4ccccc4)c(=O)c32)c1. The van der Waals surface area contributed by atoms with Crippen LogP contribution in [0, 0.1) is 18.3 Å². The summed E-state index contributed by atoms with van der Waals surface area (Å²) in [6, 6.07) is 18.9. The number of pyridine rings is 1. The third kappa shape index (κ3) is 3.56. The first-order valence-corrected chi connectivity index (χ1v) is 10.1. The molecular formula is C25H23N3O4. The van der Waals surface area contributed by atoms with E-state index in [1.165, 1.54) is 7.11 Å². The maximum absolute atomic E-state index is 13.8. The van der Waals surface area contributed by atoms with Gasteiger partial charge in [-0.05, 0) is 30.7 Å². The van der Waals surface area contributed by atoms with Gasteiger partial charge in [-0.2, -0.15) is 5.26 Å². The maximum atomic E-state index is 13.8. The Labute approximate surface area is 185 Å². The van der Waals surface area contributed by atoms with Crippen molar-refractivity contribution in [1.29, 1.82) is 5.26 Å². The van der Waals surface area contributed by atoms with Crippen LogP contribution in [0.3, 0.4) is 0 Å². The molecule has 0 bridgehead atoms. The van der Waals surface area contributed by atoms with E-state index >= 15 is 0 Å². The van der Waals surface area contributed by atoms with Crippen molar-refractivity contribution in [3.63, 3.8) is 0 Å². The topological polar surface area (TPSA) is 99.5 Å². The van der Waals surface area contributed by atoms with E-state index in [0.29, 0.717) is 34.9 Å². The van der Waals surface area contributed by atoms with Crippen LogP contribution < -0.4 is 25.5 Å². The molecule has 0 saturated heterocycles. The summed E-state index contributed by atoms with van der Waals surface area (Å²) in [6.07, 6.45) is 0. The standard InChI is InChI=1S/C25H23N3O4/c1-15-11-21-23(25(29)28(15)14-16-7-5-4-6-8-16)22(19(13-26)24(27)32-21)18-12-17(30-2)9-10-20(18)31-3/h4-12,22H,14,27H2,1-3H3/t22-/m0/s1. The Kier molecular flexibility index (Phi) is 5.61. The van der Waals surface area contributed by atoms with Crippen LogP contribution in [-0.2, 0) is 6.54 Å². The third-order valence-electron chi connectivity index (χ3n) is 5.62. The van der Waals surface area contributed by atoms with Crippen molar-refractivity contribution in [2.75, 3.05) is 14.2 Å². The second-order valence-electron chi connectivity index (χ2n) is 7.47. The fourth-order valence-corrected chi connectivity index (χ4v) is 4.02. The Bertz CT molecular complexity index is 1300. The Balaban J connectivity index is 1.98. The molecule has 0 radical (unpaired) electrons. The van der Waals surface area contributed by atoms with E-state index in [2.05, 4.69) is 6.07 Å². The summed E-state index contributed by atoms with van der Waals surface area (Å²) in [5.41, 5.74) is 8.66. The van der Waals surface area contributed by atoms with Crippen molar-refractivity contribution in [1.82, 2.24) is 4.57 Å². The van der Waals surface area contributed by atoms with Crippen LogP contribution in [0.5, 0.6) is 17.2 Å². The molecule has 4 rings (SSSR count). The zero-order valence-corrected chi connectivity index (χ0v) is 18.1. The van der Waals surface area contributed by atoms with Gasteiger partial charge in [-0.3, -0.25) is 4.79 Å². The van der Waals surface area contributed by atoms with Gasteiger partial charge < -0.3 is 24.5 Å². The number of hydrogen-bond donors (Lipinski definition) is 1. The first-order chi connectivity index (χ1) is 15.5. The van der Waals surface area contributed by atoms with Gasteiger partial charge in [-0.15, -0.1) is 0 Å². The second kappa shape index (κ2) is 8.52. The van der Waals surface area contributed by atoms with Gasteiger partial charge in [0.25, 0.3) is 5.56 Å². The molecule has 1 aliphatic rings. The van der Waals surface area contributed by atoms with Gasteiger partial charge in [0.2, 0.25) is 5.88 Å². The van der Waals surface area contributed by atoms with E-state index < -0.39 is 5.92 Å². The number of nitrogens with two attached hydrogens (primary N) is 1. The van der Waals surface area contributed by atoms with E-state index in [1.807, 2.05) is 37.3 Å². The van der Waals surface area contributed by atoms with Crippen molar-refractivity contribution >= 4 is 0 Å². The number of benzene rings is 2. The summed E-state index contributed by atoms with van der Waals surface area (Å²) in [7, 11) is 3.09. The van der Waals surface area contributed by atoms with E-state index in [1.54, 1.807) is 35.9 Å². The molecule has 0 amide bonds. The van der Waals surface area contributed by atoms with Gasteiger partial charge in [-0.1, -0.05) is 30.3 Å². The summed E-state index contributed by atoms with van der Waals surface area (Å²) >= 11 is 0. The molecule has 0 saturated carbocycles. The Morgan fingerprint density at radius 2 is 1.88 bits per heavy atom. The zero-order chi connectivity index (χ0) is 22.8. The van der Waals surface area contributed by atoms with Crippen LogP contribution in [0.1, 0.15) is 28.3 Å². The largest absolute Gasteiger partial charge is 0.497 e. The smallest absolute Gasteiger partial charge is 0.259 e. The minimum absolute atomic E-state index is 0.0329. The lowest BCUT2D eigenvalue weighted by Gasteiger charge is -2.28. The maximum Gasteiger partial charge on any atom is 0.259 e. The van der Waals surface area contributed by atoms with Crippen molar-refractivity contribution in [2.24, 2.45) is 5.73 Å². The second-order valence-corrected chi connectivity index (χ2v) is 7.47. The number of aromatic nitrogens is 1. The quantitative estimate of drug-likeness (QED) is 0.667. The van der Waals surface area contributed by atoms with Crippen molar-refractivity contribution in [3.05, 3.63) is 98.8 Å². The predicted octanol–water partition coefficient (Wildman–Crippen LogP) is 3.44. The highest BCUT2D eigenvalue weighted by molar-refractivity contribution is 5.59. The van der Waals surface area contributed by atoms with Crippen molar-refractivity contribution in [3.8, 4) is 23.3 Å². The van der Waals surface area contributed by atoms with Crippen LogP contribution >= 0.6 is 0 Å². The molecule has 2 heterocycles. The van der Waals surface area contributed by atoms with E-state index in [-0.39, 0.29) is 17.0 Å². The van der Waals surface area contributed by atoms with E-state index in [0.717, 1.165) is 11.3 Å². The van der Waals surface area contributed by atoms with E-state index in [9.17, 15) is 10.1 Å². The summed E-state index contributed by atoms with van der Waals surface area (Å²) in [5.74, 6) is 0.627. The van der Waals surface area contributed by atoms with Gasteiger partial charge in [0.1, 0.15) is 28.9 Å². The first kappa shape index (κ1) is 21.1. The van der Waals surface area contributed by atoms with Crippen LogP contribution in [0.4, 0.5) is 0 Å². The molecular weight excluding hydrogens is 406 g/mol. The fraction of sp³-hybridized carbons (Fsp3) is 0.200. The summed E-state index contributed by atoms with van der Waals surface area (Å²) < 4.78 is 18.3. The monoisotopic (exact) mass is 429 g/mol. The Hall–Kier alpha value is -4.18. The van der Waals surface area contributed by atoms with Gasteiger partial charge in [0.05, 0.1) is 32.2 Å². The van der Waals surface area contributed by atoms with Crippen molar-refractivity contribution in [2.45, 2.75) is 19.4 Å². The summed E-state index contributed by atoms with van der Waals surface area (Å²) in [5, 5.41) is 9.91. The molecule has 0 unspecified atom stereocenters. The first-order valence-electron chi connectivity index (χ1n) is 10.1. The molecule has 2 N–H and O–H groups in total. The fourth-order valence-electron chi connectivity index (χ4n) is 4.02. The number of allylic oxidation sites excluding steroid dienone is 1. The molecule has 3 aromatic rings.